The van der Waals surface area contributed by atoms with Gasteiger partial charge in [0.25, 0.3) is 0 Å². The number of nitrogens with zero attached hydrogens (tertiary/aromatic N) is 2. The third kappa shape index (κ3) is 3.12. The van der Waals surface area contributed by atoms with Gasteiger partial charge in [0, 0.05) is 16.6 Å². The van der Waals surface area contributed by atoms with Crippen LogP contribution < -0.4 is 0 Å². The lowest BCUT2D eigenvalue weighted by Crippen LogP contribution is -2.05. The summed E-state index contributed by atoms with van der Waals surface area (Å²) in [6.45, 7) is 3.81. The monoisotopic (exact) mass is 350 g/mol. The van der Waals surface area contributed by atoms with Gasteiger partial charge in [-0.2, -0.15) is 13.2 Å². The van der Waals surface area contributed by atoms with Crippen molar-refractivity contribution in [3.63, 3.8) is 0 Å². The van der Waals surface area contributed by atoms with Crippen molar-refractivity contribution in [3.8, 4) is 0 Å². The number of halogens is 3. The number of thiazole rings is 1. The summed E-state index contributed by atoms with van der Waals surface area (Å²) in [5, 5.41) is 0. The minimum atomic E-state index is -4.41. The zero-order valence-electron chi connectivity index (χ0n) is 12.9. The number of aryl methyl sites for hydroxylation is 2. The van der Waals surface area contributed by atoms with Crippen LogP contribution in [-0.4, -0.2) is 15.2 Å². The van der Waals surface area contributed by atoms with Crippen LogP contribution in [0.2, 0.25) is 0 Å². The molecule has 0 N–H and O–H groups in total. The third-order valence-electron chi connectivity index (χ3n) is 3.55. The van der Waals surface area contributed by atoms with Crippen molar-refractivity contribution in [3.05, 3.63) is 63.9 Å². The Bertz CT molecular complexity index is 933. The highest BCUT2D eigenvalue weighted by atomic mass is 32.1. The molecule has 124 valence electrons. The van der Waals surface area contributed by atoms with Crippen molar-refractivity contribution < 1.29 is 18.0 Å². The minimum absolute atomic E-state index is 0.208. The molecule has 3 aromatic rings. The summed E-state index contributed by atoms with van der Waals surface area (Å²) in [6, 6.07) is 4.18. The first-order valence-corrected chi connectivity index (χ1v) is 7.92. The fourth-order valence-corrected chi connectivity index (χ4v) is 3.23. The van der Waals surface area contributed by atoms with E-state index in [-0.39, 0.29) is 11.3 Å². The number of allylic oxidation sites excluding steroid dienone is 1. The second kappa shape index (κ2) is 5.90. The van der Waals surface area contributed by atoms with Gasteiger partial charge in [0.15, 0.2) is 10.7 Å². The highest BCUT2D eigenvalue weighted by molar-refractivity contribution is 7.17. The van der Waals surface area contributed by atoms with Gasteiger partial charge in [0.05, 0.1) is 17.0 Å². The van der Waals surface area contributed by atoms with Crippen molar-refractivity contribution in [2.75, 3.05) is 0 Å². The van der Waals surface area contributed by atoms with Crippen molar-refractivity contribution in [1.82, 2.24) is 9.38 Å². The second-order valence-electron chi connectivity index (χ2n) is 5.35. The maximum atomic E-state index is 12.5. The van der Waals surface area contributed by atoms with E-state index in [2.05, 4.69) is 4.98 Å². The van der Waals surface area contributed by atoms with Crippen molar-refractivity contribution >= 4 is 28.2 Å². The molecule has 0 fully saturated rings. The zero-order valence-corrected chi connectivity index (χ0v) is 13.7. The lowest BCUT2D eigenvalue weighted by molar-refractivity contribution is -0.137. The fourth-order valence-electron chi connectivity index (χ4n) is 2.36. The number of alkyl halides is 3. The molecule has 0 aliphatic heterocycles. The number of fused-ring (bicyclic) bond motifs is 1. The maximum absolute atomic E-state index is 12.5. The number of hydrogen-bond donors (Lipinski definition) is 0. The van der Waals surface area contributed by atoms with Gasteiger partial charge in [-0.15, -0.1) is 11.3 Å². The highest BCUT2D eigenvalue weighted by Crippen LogP contribution is 2.29. The maximum Gasteiger partial charge on any atom is 0.416 e. The Kier molecular flexibility index (Phi) is 4.04. The van der Waals surface area contributed by atoms with E-state index in [1.165, 1.54) is 18.2 Å². The van der Waals surface area contributed by atoms with Crippen molar-refractivity contribution in [2.24, 2.45) is 0 Å². The Morgan fingerprint density at radius 1 is 1.21 bits per heavy atom. The fraction of sp³-hybridized carbons (Fsp3) is 0.176. The molecule has 2 heterocycles. The molecule has 3 nitrogen and oxygen atoms in total. The summed E-state index contributed by atoms with van der Waals surface area (Å²) in [7, 11) is 0. The van der Waals surface area contributed by atoms with E-state index in [0.717, 1.165) is 33.4 Å². The van der Waals surface area contributed by atoms with Crippen molar-refractivity contribution in [2.45, 2.75) is 20.0 Å². The SMILES string of the molecule is Cc1cn2c(/C=C/C(=O)c3ccc(C(F)(F)F)cc3)c(C)nc2s1. The molecular weight excluding hydrogens is 337 g/mol. The van der Waals surface area contributed by atoms with E-state index < -0.39 is 11.7 Å². The molecule has 0 spiro atoms. The molecular formula is C17H13F3N2OS. The van der Waals surface area contributed by atoms with Crippen LogP contribution in [0.5, 0.6) is 0 Å². The molecule has 1 aromatic carbocycles. The van der Waals surface area contributed by atoms with Gasteiger partial charge in [-0.05, 0) is 38.1 Å². The molecule has 0 bridgehead atoms. The molecule has 0 aliphatic rings. The Balaban J connectivity index is 1.85. The molecule has 0 atom stereocenters. The van der Waals surface area contributed by atoms with Crippen LogP contribution in [0.1, 0.15) is 32.2 Å². The van der Waals surface area contributed by atoms with E-state index in [4.69, 9.17) is 0 Å². The Morgan fingerprint density at radius 2 is 1.88 bits per heavy atom. The summed E-state index contributed by atoms with van der Waals surface area (Å²) < 4.78 is 39.5. The number of carbonyl (C=O) groups excluding carboxylic acids is 1. The summed E-state index contributed by atoms with van der Waals surface area (Å²) in [6.07, 6.45) is 0.518. The van der Waals surface area contributed by atoms with E-state index in [1.54, 1.807) is 17.4 Å². The van der Waals surface area contributed by atoms with E-state index in [0.29, 0.717) is 0 Å². The Hall–Kier alpha value is -2.41. The molecule has 0 unspecified atom stereocenters. The quantitative estimate of drug-likeness (QED) is 0.496. The molecule has 0 saturated carbocycles. The number of aromatic nitrogens is 2. The van der Waals surface area contributed by atoms with Crippen LogP contribution in [0, 0.1) is 13.8 Å². The van der Waals surface area contributed by atoms with Gasteiger partial charge in [0.1, 0.15) is 0 Å². The molecule has 24 heavy (non-hydrogen) atoms. The van der Waals surface area contributed by atoms with E-state index in [9.17, 15) is 18.0 Å². The Labute approximate surface area is 140 Å². The van der Waals surface area contributed by atoms with Gasteiger partial charge in [-0.3, -0.25) is 9.20 Å². The molecule has 0 saturated heterocycles. The third-order valence-corrected chi connectivity index (χ3v) is 4.45. The van der Waals surface area contributed by atoms with Crippen LogP contribution in [0.15, 0.2) is 36.5 Å². The summed E-state index contributed by atoms with van der Waals surface area (Å²) >= 11 is 1.55. The van der Waals surface area contributed by atoms with Crippen molar-refractivity contribution in [1.29, 1.82) is 0 Å². The number of carbonyl (C=O) groups is 1. The van der Waals surface area contributed by atoms with Gasteiger partial charge < -0.3 is 0 Å². The van der Waals surface area contributed by atoms with Crippen LogP contribution in [0.3, 0.4) is 0 Å². The standard InChI is InChI=1S/C17H13F3N2OS/c1-10-9-22-14(11(2)21-16(22)24-10)7-8-15(23)12-3-5-13(6-4-12)17(18,19)20/h3-9H,1-2H3/b8-7+. The number of imidazole rings is 1. The van der Waals surface area contributed by atoms with Crippen LogP contribution in [0.4, 0.5) is 13.2 Å². The number of benzene rings is 1. The number of ketones is 1. The van der Waals surface area contributed by atoms with Crippen LogP contribution >= 0.6 is 11.3 Å². The topological polar surface area (TPSA) is 34.4 Å². The molecule has 0 amide bonds. The predicted octanol–water partition coefficient (Wildman–Crippen LogP) is 4.93. The zero-order chi connectivity index (χ0) is 17.5. The van der Waals surface area contributed by atoms with Gasteiger partial charge in [0.2, 0.25) is 0 Å². The number of hydrogen-bond acceptors (Lipinski definition) is 3. The molecule has 0 aliphatic carbocycles. The normalized spacial score (nSPS) is 12.4. The number of rotatable bonds is 3. The van der Waals surface area contributed by atoms with Crippen LogP contribution in [-0.2, 0) is 6.18 Å². The first kappa shape index (κ1) is 16.4. The summed E-state index contributed by atoms with van der Waals surface area (Å²) in [5.41, 5.74) is 1.01. The molecule has 2 aromatic heterocycles. The predicted molar refractivity (Wildman–Crippen MR) is 87.4 cm³/mol. The first-order chi connectivity index (χ1) is 11.3. The summed E-state index contributed by atoms with van der Waals surface area (Å²) in [4.78, 5) is 18.5. The van der Waals surface area contributed by atoms with Gasteiger partial charge in [-0.1, -0.05) is 12.1 Å². The van der Waals surface area contributed by atoms with E-state index >= 15 is 0 Å². The minimum Gasteiger partial charge on any atom is -0.290 e. The molecule has 0 radical (unpaired) electrons. The average Bonchev–Trinajstić information content (AvgIpc) is 2.99. The summed E-state index contributed by atoms with van der Waals surface area (Å²) in [5.74, 6) is -0.356. The smallest absolute Gasteiger partial charge is 0.290 e. The van der Waals surface area contributed by atoms with Gasteiger partial charge in [-0.25, -0.2) is 4.98 Å². The average molecular weight is 350 g/mol. The first-order valence-electron chi connectivity index (χ1n) is 7.10. The lowest BCUT2D eigenvalue weighted by Gasteiger charge is -2.06. The lowest BCUT2D eigenvalue weighted by atomic mass is 10.1. The van der Waals surface area contributed by atoms with Gasteiger partial charge >= 0.3 is 6.18 Å². The van der Waals surface area contributed by atoms with Crippen LogP contribution in [0.25, 0.3) is 11.0 Å². The van der Waals surface area contributed by atoms with E-state index in [1.807, 2.05) is 24.4 Å². The largest absolute Gasteiger partial charge is 0.416 e. The second-order valence-corrected chi connectivity index (χ2v) is 6.56. The molecule has 3 rings (SSSR count). The molecule has 7 heteroatoms. The highest BCUT2D eigenvalue weighted by Gasteiger charge is 2.30. The Morgan fingerprint density at radius 3 is 2.50 bits per heavy atom.